The van der Waals surface area contributed by atoms with Crippen LogP contribution in [0.4, 0.5) is 5.69 Å². The first-order valence-electron chi connectivity index (χ1n) is 5.01. The van der Waals surface area contributed by atoms with Gasteiger partial charge in [0.2, 0.25) is 5.91 Å². The van der Waals surface area contributed by atoms with E-state index in [1.807, 2.05) is 0 Å². The van der Waals surface area contributed by atoms with Gasteiger partial charge in [-0.2, -0.15) is 0 Å². The molecule has 1 fully saturated rings. The Morgan fingerprint density at radius 1 is 1.31 bits per heavy atom. The number of nitrogens with two attached hydrogens (primary N) is 2. The molecule has 2 amide bonds. The molecule has 0 unspecified atom stereocenters. The van der Waals surface area contributed by atoms with E-state index in [1.165, 1.54) is 0 Å². The van der Waals surface area contributed by atoms with E-state index < -0.39 is 11.4 Å². The standard InChI is InChI=1S/C11H13N3O2/c12-8-3-1-2-7(6-8)9(15)14-11(4-5-11)10(13)16/h1-3,6H,4-5,12H2,(H2,13,16)(H,14,15). The fraction of sp³-hybridized carbons (Fsp3) is 0.273. The molecule has 2 rings (SSSR count). The fourth-order valence-electron chi connectivity index (χ4n) is 1.53. The van der Waals surface area contributed by atoms with Crippen molar-refractivity contribution in [2.24, 2.45) is 5.73 Å². The number of amides is 2. The van der Waals surface area contributed by atoms with Crippen LogP contribution in [0.5, 0.6) is 0 Å². The number of primary amides is 1. The van der Waals surface area contributed by atoms with Crippen LogP contribution < -0.4 is 16.8 Å². The van der Waals surface area contributed by atoms with Gasteiger partial charge in [-0.05, 0) is 31.0 Å². The molecule has 0 aliphatic heterocycles. The predicted molar refractivity (Wildman–Crippen MR) is 59.5 cm³/mol. The zero-order valence-electron chi connectivity index (χ0n) is 8.69. The molecule has 5 nitrogen and oxygen atoms in total. The maximum Gasteiger partial charge on any atom is 0.252 e. The van der Waals surface area contributed by atoms with Crippen molar-refractivity contribution in [1.29, 1.82) is 0 Å². The molecule has 5 heteroatoms. The van der Waals surface area contributed by atoms with E-state index in [2.05, 4.69) is 5.32 Å². The first kappa shape index (κ1) is 10.5. The molecule has 1 aliphatic rings. The van der Waals surface area contributed by atoms with E-state index in [4.69, 9.17) is 11.5 Å². The Bertz CT molecular complexity index is 452. The average molecular weight is 219 g/mol. The van der Waals surface area contributed by atoms with Crippen LogP contribution in [-0.4, -0.2) is 17.4 Å². The van der Waals surface area contributed by atoms with Crippen LogP contribution >= 0.6 is 0 Å². The fourth-order valence-corrected chi connectivity index (χ4v) is 1.53. The van der Waals surface area contributed by atoms with Crippen molar-refractivity contribution >= 4 is 17.5 Å². The van der Waals surface area contributed by atoms with Gasteiger partial charge in [-0.3, -0.25) is 9.59 Å². The van der Waals surface area contributed by atoms with E-state index in [0.29, 0.717) is 24.1 Å². The molecule has 5 N–H and O–H groups in total. The summed E-state index contributed by atoms with van der Waals surface area (Å²) < 4.78 is 0. The smallest absolute Gasteiger partial charge is 0.252 e. The minimum atomic E-state index is -0.832. The van der Waals surface area contributed by atoms with Crippen molar-refractivity contribution in [2.75, 3.05) is 5.73 Å². The highest BCUT2D eigenvalue weighted by molar-refractivity contribution is 6.00. The number of rotatable bonds is 3. The molecule has 84 valence electrons. The maximum absolute atomic E-state index is 11.8. The summed E-state index contributed by atoms with van der Waals surface area (Å²) in [5.41, 5.74) is 10.9. The molecule has 0 spiro atoms. The van der Waals surface area contributed by atoms with E-state index in [9.17, 15) is 9.59 Å². The lowest BCUT2D eigenvalue weighted by molar-refractivity contribution is -0.120. The summed E-state index contributed by atoms with van der Waals surface area (Å²) in [6, 6.07) is 6.58. The van der Waals surface area contributed by atoms with E-state index >= 15 is 0 Å². The first-order valence-corrected chi connectivity index (χ1v) is 5.01. The largest absolute Gasteiger partial charge is 0.399 e. The molecule has 0 saturated heterocycles. The van der Waals surface area contributed by atoms with Crippen molar-refractivity contribution in [2.45, 2.75) is 18.4 Å². The maximum atomic E-state index is 11.8. The average Bonchev–Trinajstić information content (AvgIpc) is 2.99. The number of benzene rings is 1. The molecule has 1 saturated carbocycles. The Balaban J connectivity index is 2.12. The van der Waals surface area contributed by atoms with Crippen LogP contribution in [-0.2, 0) is 4.79 Å². The SMILES string of the molecule is NC(=O)C1(NC(=O)c2cccc(N)c2)CC1. The second-order valence-corrected chi connectivity index (χ2v) is 4.03. The highest BCUT2D eigenvalue weighted by atomic mass is 16.2. The number of hydrogen-bond donors (Lipinski definition) is 3. The second-order valence-electron chi connectivity index (χ2n) is 4.03. The van der Waals surface area contributed by atoms with Gasteiger partial charge in [-0.1, -0.05) is 6.07 Å². The van der Waals surface area contributed by atoms with Gasteiger partial charge < -0.3 is 16.8 Å². The van der Waals surface area contributed by atoms with Crippen molar-refractivity contribution in [3.05, 3.63) is 29.8 Å². The van der Waals surface area contributed by atoms with Gasteiger partial charge >= 0.3 is 0 Å². The third-order valence-corrected chi connectivity index (χ3v) is 2.72. The predicted octanol–water partition coefficient (Wildman–Crippen LogP) is 0.0165. The molecule has 1 aromatic carbocycles. The van der Waals surface area contributed by atoms with Gasteiger partial charge in [-0.15, -0.1) is 0 Å². The Kier molecular flexibility index (Phi) is 2.30. The number of anilines is 1. The second kappa shape index (κ2) is 3.52. The normalized spacial score (nSPS) is 16.5. The zero-order chi connectivity index (χ0) is 11.8. The van der Waals surface area contributed by atoms with Crippen molar-refractivity contribution < 1.29 is 9.59 Å². The molecular weight excluding hydrogens is 206 g/mol. The van der Waals surface area contributed by atoms with Crippen LogP contribution in [0.1, 0.15) is 23.2 Å². The minimum absolute atomic E-state index is 0.316. The Morgan fingerprint density at radius 3 is 2.50 bits per heavy atom. The molecule has 0 heterocycles. The van der Waals surface area contributed by atoms with Gasteiger partial charge in [0, 0.05) is 11.3 Å². The van der Waals surface area contributed by atoms with E-state index in [-0.39, 0.29) is 5.91 Å². The molecule has 0 radical (unpaired) electrons. The van der Waals surface area contributed by atoms with E-state index in [0.717, 1.165) is 0 Å². The molecule has 0 atom stereocenters. The summed E-state index contributed by atoms with van der Waals surface area (Å²) in [7, 11) is 0. The highest BCUT2D eigenvalue weighted by Crippen LogP contribution is 2.35. The summed E-state index contributed by atoms with van der Waals surface area (Å²) in [5.74, 6) is -0.798. The van der Waals surface area contributed by atoms with Gasteiger partial charge in [0.05, 0.1) is 0 Å². The summed E-state index contributed by atoms with van der Waals surface area (Å²) >= 11 is 0. The van der Waals surface area contributed by atoms with Gasteiger partial charge in [0.25, 0.3) is 5.91 Å². The van der Waals surface area contributed by atoms with Crippen LogP contribution in [0.2, 0.25) is 0 Å². The van der Waals surface area contributed by atoms with Crippen LogP contribution in [0.25, 0.3) is 0 Å². The lowest BCUT2D eigenvalue weighted by Gasteiger charge is -2.13. The number of carbonyl (C=O) groups excluding carboxylic acids is 2. The molecular formula is C11H13N3O2. The minimum Gasteiger partial charge on any atom is -0.399 e. The van der Waals surface area contributed by atoms with E-state index in [1.54, 1.807) is 24.3 Å². The molecule has 1 aromatic rings. The first-order chi connectivity index (χ1) is 7.53. The lowest BCUT2D eigenvalue weighted by atomic mass is 10.1. The third-order valence-electron chi connectivity index (χ3n) is 2.72. The summed E-state index contributed by atoms with van der Waals surface area (Å²) in [4.78, 5) is 22.9. The van der Waals surface area contributed by atoms with Crippen molar-refractivity contribution in [3.8, 4) is 0 Å². The van der Waals surface area contributed by atoms with Crippen LogP contribution in [0.3, 0.4) is 0 Å². The Morgan fingerprint density at radius 2 is 2.00 bits per heavy atom. The Hall–Kier alpha value is -2.04. The Labute approximate surface area is 92.8 Å². The van der Waals surface area contributed by atoms with Gasteiger partial charge in [0.1, 0.15) is 5.54 Å². The quantitative estimate of drug-likeness (QED) is 0.625. The highest BCUT2D eigenvalue weighted by Gasteiger charge is 2.49. The van der Waals surface area contributed by atoms with Gasteiger partial charge in [-0.25, -0.2) is 0 Å². The van der Waals surface area contributed by atoms with Gasteiger partial charge in [0.15, 0.2) is 0 Å². The summed E-state index contributed by atoms with van der Waals surface area (Å²) in [6.07, 6.45) is 1.22. The molecule has 0 aromatic heterocycles. The summed E-state index contributed by atoms with van der Waals surface area (Å²) in [5, 5.41) is 2.64. The summed E-state index contributed by atoms with van der Waals surface area (Å²) in [6.45, 7) is 0. The van der Waals surface area contributed by atoms with Crippen LogP contribution in [0, 0.1) is 0 Å². The molecule has 0 bridgehead atoms. The number of hydrogen-bond acceptors (Lipinski definition) is 3. The third kappa shape index (κ3) is 1.84. The molecule has 16 heavy (non-hydrogen) atoms. The monoisotopic (exact) mass is 219 g/mol. The van der Waals surface area contributed by atoms with Crippen LogP contribution in [0.15, 0.2) is 24.3 Å². The molecule has 1 aliphatic carbocycles. The zero-order valence-corrected chi connectivity index (χ0v) is 8.69. The topological polar surface area (TPSA) is 98.2 Å². The lowest BCUT2D eigenvalue weighted by Crippen LogP contribution is -2.46. The number of nitrogens with one attached hydrogen (secondary N) is 1. The van der Waals surface area contributed by atoms with Crippen molar-refractivity contribution in [1.82, 2.24) is 5.32 Å². The number of carbonyl (C=O) groups is 2. The number of nitrogen functional groups attached to an aromatic ring is 1. The van der Waals surface area contributed by atoms with Crippen molar-refractivity contribution in [3.63, 3.8) is 0 Å².